The molecular weight excluding hydrogens is 485 g/mol. The smallest absolute Gasteiger partial charge is 0.223 e. The summed E-state index contributed by atoms with van der Waals surface area (Å²) in [5.74, 6) is 1.28. The van der Waals surface area contributed by atoms with Crippen LogP contribution in [0.2, 0.25) is 0 Å². The third-order valence-electron chi connectivity index (χ3n) is 6.32. The average molecular weight is 530 g/mol. The minimum absolute atomic E-state index is 0.00819. The lowest BCUT2D eigenvalue weighted by atomic mass is 9.93. The van der Waals surface area contributed by atoms with E-state index < -0.39 is 5.82 Å². The number of amides is 1. The SMILES string of the molecule is C#C.CC.CC.CC1CCNC1.COc1cc2nc(N)n3nc([C@@H]4CC[C@H](C)N(C=O)C4)nc3c2cc1F. The highest BCUT2D eigenvalue weighted by Gasteiger charge is 2.29. The molecule has 0 aliphatic carbocycles. The molecule has 0 radical (unpaired) electrons. The van der Waals surface area contributed by atoms with Crippen molar-refractivity contribution in [3.63, 3.8) is 0 Å². The van der Waals surface area contributed by atoms with E-state index in [-0.39, 0.29) is 23.7 Å². The Morgan fingerprint density at radius 3 is 2.34 bits per heavy atom. The summed E-state index contributed by atoms with van der Waals surface area (Å²) in [7, 11) is 1.39. The minimum atomic E-state index is -0.503. The largest absolute Gasteiger partial charge is 0.494 e. The molecular formula is C28H44FN7O2. The van der Waals surface area contributed by atoms with Gasteiger partial charge in [0.15, 0.2) is 23.0 Å². The van der Waals surface area contributed by atoms with Gasteiger partial charge in [0.2, 0.25) is 12.4 Å². The topological polar surface area (TPSA) is 111 Å². The van der Waals surface area contributed by atoms with Crippen LogP contribution in [0.15, 0.2) is 12.1 Å². The number of nitrogens with two attached hydrogens (primary N) is 1. The number of fused-ring (bicyclic) bond motifs is 3. The van der Waals surface area contributed by atoms with Crippen LogP contribution in [0.25, 0.3) is 16.6 Å². The number of nitrogen functional groups attached to an aromatic ring is 1. The first-order valence-electron chi connectivity index (χ1n) is 13.4. The number of rotatable bonds is 3. The van der Waals surface area contributed by atoms with E-state index in [9.17, 15) is 9.18 Å². The lowest BCUT2D eigenvalue weighted by Crippen LogP contribution is -2.40. The molecule has 2 fully saturated rings. The van der Waals surface area contributed by atoms with E-state index in [0.29, 0.717) is 28.9 Å². The molecule has 0 saturated carbocycles. The molecule has 10 heteroatoms. The van der Waals surface area contributed by atoms with Crippen molar-refractivity contribution in [1.29, 1.82) is 0 Å². The molecule has 0 spiro atoms. The molecule has 3 atom stereocenters. The van der Waals surface area contributed by atoms with Gasteiger partial charge in [-0.15, -0.1) is 17.9 Å². The van der Waals surface area contributed by atoms with Gasteiger partial charge >= 0.3 is 0 Å². The number of aromatic nitrogens is 4. The van der Waals surface area contributed by atoms with Crippen molar-refractivity contribution in [2.45, 2.75) is 72.8 Å². The normalized spacial score (nSPS) is 19.9. The fourth-order valence-electron chi connectivity index (χ4n) is 4.27. The van der Waals surface area contributed by atoms with Crippen LogP contribution in [-0.4, -0.2) is 63.7 Å². The average Bonchev–Trinajstić information content (AvgIpc) is 3.63. The van der Waals surface area contributed by atoms with Gasteiger partial charge in [-0.3, -0.25) is 4.79 Å². The van der Waals surface area contributed by atoms with Crippen LogP contribution in [0.1, 0.15) is 72.5 Å². The van der Waals surface area contributed by atoms with Crippen molar-refractivity contribution in [1.82, 2.24) is 29.8 Å². The van der Waals surface area contributed by atoms with E-state index in [1.807, 2.05) is 34.6 Å². The summed E-state index contributed by atoms with van der Waals surface area (Å²) in [6.45, 7) is 15.3. The second kappa shape index (κ2) is 16.4. The molecule has 1 unspecified atom stereocenters. The summed E-state index contributed by atoms with van der Waals surface area (Å²) >= 11 is 0. The van der Waals surface area contributed by atoms with E-state index in [1.165, 1.54) is 43.3 Å². The van der Waals surface area contributed by atoms with Crippen LogP contribution in [0, 0.1) is 24.6 Å². The van der Waals surface area contributed by atoms with Gasteiger partial charge in [-0.05, 0) is 51.3 Å². The van der Waals surface area contributed by atoms with E-state index in [2.05, 4.69) is 40.2 Å². The third-order valence-corrected chi connectivity index (χ3v) is 6.32. The Morgan fingerprint density at radius 2 is 1.82 bits per heavy atom. The summed E-state index contributed by atoms with van der Waals surface area (Å²) in [6.07, 6.45) is 12.0. The maximum absolute atomic E-state index is 14.2. The Morgan fingerprint density at radius 1 is 1.13 bits per heavy atom. The van der Waals surface area contributed by atoms with Crippen molar-refractivity contribution in [2.24, 2.45) is 5.92 Å². The highest BCUT2D eigenvalue weighted by molar-refractivity contribution is 5.93. The monoisotopic (exact) mass is 529 g/mol. The summed E-state index contributed by atoms with van der Waals surface area (Å²) < 4.78 is 20.6. The van der Waals surface area contributed by atoms with Crippen LogP contribution in [0.4, 0.5) is 10.3 Å². The fraction of sp³-hybridized carbons (Fsp3) is 0.571. The number of piperidine rings is 1. The van der Waals surface area contributed by atoms with Gasteiger partial charge in [0.1, 0.15) is 0 Å². The molecule has 1 aromatic carbocycles. The van der Waals surface area contributed by atoms with Gasteiger partial charge in [0.05, 0.1) is 12.6 Å². The van der Waals surface area contributed by atoms with Crippen molar-refractivity contribution in [3.05, 3.63) is 23.8 Å². The highest BCUT2D eigenvalue weighted by atomic mass is 19.1. The Balaban J connectivity index is 0.000000511. The van der Waals surface area contributed by atoms with Gasteiger partial charge in [-0.2, -0.15) is 4.52 Å². The van der Waals surface area contributed by atoms with E-state index in [0.717, 1.165) is 25.2 Å². The first kappa shape index (κ1) is 32.6. The second-order valence-electron chi connectivity index (χ2n) is 8.70. The number of anilines is 1. The molecule has 2 aliphatic heterocycles. The molecule has 1 amide bonds. The number of ether oxygens (including phenoxy) is 1. The molecule has 0 bridgehead atoms. The quantitative estimate of drug-likeness (QED) is 0.375. The van der Waals surface area contributed by atoms with E-state index >= 15 is 0 Å². The zero-order valence-electron chi connectivity index (χ0n) is 23.9. The number of likely N-dealkylation sites (tertiary alicyclic amines) is 1. The molecule has 210 valence electrons. The number of terminal acetylenes is 1. The summed E-state index contributed by atoms with van der Waals surface area (Å²) in [6, 6.07) is 3.02. The maximum Gasteiger partial charge on any atom is 0.223 e. The lowest BCUT2D eigenvalue weighted by molar-refractivity contribution is -0.121. The van der Waals surface area contributed by atoms with Gasteiger partial charge in [-0.25, -0.2) is 14.4 Å². The molecule has 3 N–H and O–H groups in total. The Hall–Kier alpha value is -3.45. The van der Waals surface area contributed by atoms with Crippen molar-refractivity contribution >= 4 is 28.9 Å². The number of hydrogen-bond donors (Lipinski definition) is 2. The van der Waals surface area contributed by atoms with Crippen LogP contribution in [-0.2, 0) is 4.79 Å². The number of halogens is 1. The predicted octanol–water partition coefficient (Wildman–Crippen LogP) is 4.65. The summed E-state index contributed by atoms with van der Waals surface area (Å²) in [5, 5.41) is 8.25. The Kier molecular flexibility index (Phi) is 14.1. The van der Waals surface area contributed by atoms with Gasteiger partial charge in [0, 0.05) is 30.0 Å². The van der Waals surface area contributed by atoms with Crippen molar-refractivity contribution < 1.29 is 13.9 Å². The molecule has 4 heterocycles. The summed E-state index contributed by atoms with van der Waals surface area (Å²) in [4.78, 5) is 21.9. The van der Waals surface area contributed by atoms with Crippen LogP contribution < -0.4 is 15.8 Å². The van der Waals surface area contributed by atoms with Crippen LogP contribution in [0.3, 0.4) is 0 Å². The highest BCUT2D eigenvalue weighted by Crippen LogP contribution is 2.31. The standard InChI is InChI=1S/C17H19FN6O2.C5H11N.2C2H6.C2H2/c1-9-3-4-10(7-23(9)8-25)15-21-16-11-5-12(18)14(26-2)6-13(11)20-17(19)24(16)22-15;1-5-2-3-6-4-5;3*1-2/h5-6,8-10H,3-4,7H2,1-2H3,(H2,19,20);5-6H,2-4H2,1H3;2*1-2H3;1-2H/t9-,10+;;;;/m0..../s1. The lowest BCUT2D eigenvalue weighted by Gasteiger charge is -2.34. The van der Waals surface area contributed by atoms with Crippen molar-refractivity contribution in [3.8, 4) is 18.6 Å². The van der Waals surface area contributed by atoms with Gasteiger partial charge in [0.25, 0.3) is 0 Å². The maximum atomic E-state index is 14.2. The zero-order chi connectivity index (χ0) is 28.8. The van der Waals surface area contributed by atoms with E-state index in [1.54, 1.807) is 4.90 Å². The number of benzene rings is 1. The van der Waals surface area contributed by atoms with Gasteiger partial charge in [-0.1, -0.05) is 34.6 Å². The number of hydrogen-bond acceptors (Lipinski definition) is 7. The molecule has 3 aromatic rings. The number of nitrogens with one attached hydrogen (secondary N) is 1. The Bertz CT molecular complexity index is 1160. The molecule has 2 aromatic heterocycles. The molecule has 5 rings (SSSR count). The molecule has 9 nitrogen and oxygen atoms in total. The van der Waals surface area contributed by atoms with E-state index in [4.69, 9.17) is 10.5 Å². The van der Waals surface area contributed by atoms with Gasteiger partial charge < -0.3 is 20.7 Å². The first-order chi connectivity index (χ1) is 18.4. The van der Waals surface area contributed by atoms with Crippen LogP contribution >= 0.6 is 0 Å². The molecule has 2 aliphatic rings. The van der Waals surface area contributed by atoms with Crippen molar-refractivity contribution in [2.75, 3.05) is 32.5 Å². The number of carbonyl (C=O) groups excluding carboxylic acids is 1. The molecule has 38 heavy (non-hydrogen) atoms. The minimum Gasteiger partial charge on any atom is -0.494 e. The first-order valence-corrected chi connectivity index (χ1v) is 13.4. The van der Waals surface area contributed by atoms with Crippen LogP contribution in [0.5, 0.6) is 5.75 Å². The number of carbonyl (C=O) groups is 1. The fourth-order valence-corrected chi connectivity index (χ4v) is 4.27. The predicted molar refractivity (Wildman–Crippen MR) is 153 cm³/mol. The second-order valence-corrected chi connectivity index (χ2v) is 8.70. The zero-order valence-corrected chi connectivity index (χ0v) is 23.9. The number of nitrogens with zero attached hydrogens (tertiary/aromatic N) is 5. The molecule has 2 saturated heterocycles. The summed E-state index contributed by atoms with van der Waals surface area (Å²) in [5.41, 5.74) is 6.95. The third kappa shape index (κ3) is 7.78. The number of methoxy groups -OCH3 is 1. The Labute approximate surface area is 226 Å².